The van der Waals surface area contributed by atoms with Gasteiger partial charge in [-0.15, -0.1) is 11.3 Å². The van der Waals surface area contributed by atoms with Gasteiger partial charge in [-0.2, -0.15) is 0 Å². The number of hydrogen-bond donors (Lipinski definition) is 0. The quantitative estimate of drug-likeness (QED) is 0.684. The van der Waals surface area contributed by atoms with E-state index in [0.717, 1.165) is 23.3 Å². The van der Waals surface area contributed by atoms with Crippen molar-refractivity contribution in [3.63, 3.8) is 0 Å². The van der Waals surface area contributed by atoms with Crippen LogP contribution >= 0.6 is 11.3 Å². The molecule has 0 atom stereocenters. The maximum Gasteiger partial charge on any atom is 0.242 e. The van der Waals surface area contributed by atoms with E-state index in [1.165, 1.54) is 12.1 Å². The Kier molecular flexibility index (Phi) is 6.26. The maximum absolute atomic E-state index is 13.2. The second-order valence-corrected chi connectivity index (χ2v) is 8.34. The van der Waals surface area contributed by atoms with E-state index < -0.39 is 0 Å². The fourth-order valence-corrected chi connectivity index (χ4v) is 3.70. The Morgan fingerprint density at radius 3 is 2.41 bits per heavy atom. The summed E-state index contributed by atoms with van der Waals surface area (Å²) in [6, 6.07) is 10.3. The van der Waals surface area contributed by atoms with Crippen LogP contribution < -0.4 is 0 Å². The van der Waals surface area contributed by atoms with Gasteiger partial charge < -0.3 is 9.80 Å². The van der Waals surface area contributed by atoms with Gasteiger partial charge in [-0.1, -0.05) is 32.0 Å². The second kappa shape index (κ2) is 8.65. The molecule has 0 aliphatic heterocycles. The van der Waals surface area contributed by atoms with E-state index in [2.05, 4.69) is 0 Å². The molecule has 2 amide bonds. The molecule has 4 nitrogen and oxygen atoms in total. The molecule has 27 heavy (non-hydrogen) atoms. The Bertz CT molecular complexity index is 770. The first-order chi connectivity index (χ1) is 12.9. The van der Waals surface area contributed by atoms with Crippen molar-refractivity contribution in [2.75, 3.05) is 6.54 Å². The van der Waals surface area contributed by atoms with Gasteiger partial charge in [0.25, 0.3) is 0 Å². The van der Waals surface area contributed by atoms with Crippen molar-refractivity contribution in [1.82, 2.24) is 9.80 Å². The maximum atomic E-state index is 13.2. The minimum atomic E-state index is -0.294. The van der Waals surface area contributed by atoms with Gasteiger partial charge in [-0.3, -0.25) is 9.59 Å². The Hall–Kier alpha value is -2.21. The van der Waals surface area contributed by atoms with Crippen LogP contribution in [-0.2, 0) is 22.7 Å². The number of carbonyl (C=O) groups is 2. The Labute approximate surface area is 163 Å². The summed E-state index contributed by atoms with van der Waals surface area (Å²) in [5.74, 6) is -0.462. The van der Waals surface area contributed by atoms with E-state index >= 15 is 0 Å². The molecular weight excluding hydrogens is 363 g/mol. The van der Waals surface area contributed by atoms with Crippen LogP contribution in [0.4, 0.5) is 4.39 Å². The number of benzene rings is 1. The predicted molar refractivity (Wildman–Crippen MR) is 105 cm³/mol. The van der Waals surface area contributed by atoms with Gasteiger partial charge in [0.2, 0.25) is 11.8 Å². The highest BCUT2D eigenvalue weighted by molar-refractivity contribution is 7.09. The molecule has 1 aromatic carbocycles. The second-order valence-electron chi connectivity index (χ2n) is 7.31. The van der Waals surface area contributed by atoms with E-state index in [9.17, 15) is 14.0 Å². The lowest BCUT2D eigenvalue weighted by Gasteiger charge is -2.28. The average Bonchev–Trinajstić information content (AvgIpc) is 3.36. The van der Waals surface area contributed by atoms with E-state index in [-0.39, 0.29) is 36.1 Å². The highest BCUT2D eigenvalue weighted by Gasteiger charge is 2.35. The molecule has 0 spiro atoms. The summed E-state index contributed by atoms with van der Waals surface area (Å²) in [5.41, 5.74) is 0.870. The van der Waals surface area contributed by atoms with Gasteiger partial charge in [0.1, 0.15) is 12.4 Å². The number of nitrogens with zero attached hydrogens (tertiary/aromatic N) is 2. The number of carbonyl (C=O) groups excluding carboxylic acids is 2. The van der Waals surface area contributed by atoms with Crippen LogP contribution in [0.5, 0.6) is 0 Å². The third-order valence-electron chi connectivity index (χ3n) is 4.64. The standard InChI is InChI=1S/C21H25FN2O2S/c1-15(2)21(26)24(18-9-10-18)14-20(25)23(13-19-4-3-11-27-19)12-16-5-7-17(22)8-6-16/h3-8,11,15,18H,9-10,12-14H2,1-2H3. The monoisotopic (exact) mass is 388 g/mol. The molecule has 1 aromatic heterocycles. The zero-order valence-corrected chi connectivity index (χ0v) is 16.5. The molecule has 1 saturated carbocycles. The topological polar surface area (TPSA) is 40.6 Å². The molecule has 0 saturated heterocycles. The first kappa shape index (κ1) is 19.5. The minimum absolute atomic E-state index is 0.0312. The zero-order chi connectivity index (χ0) is 19.4. The molecule has 1 heterocycles. The summed E-state index contributed by atoms with van der Waals surface area (Å²) in [7, 11) is 0. The molecule has 144 valence electrons. The minimum Gasteiger partial charge on any atom is -0.332 e. The van der Waals surface area contributed by atoms with Crippen LogP contribution in [0.25, 0.3) is 0 Å². The third kappa shape index (κ3) is 5.39. The Morgan fingerprint density at radius 1 is 1.15 bits per heavy atom. The summed E-state index contributed by atoms with van der Waals surface area (Å²) in [5, 5.41) is 1.98. The van der Waals surface area contributed by atoms with Crippen LogP contribution in [0.1, 0.15) is 37.1 Å². The summed E-state index contributed by atoms with van der Waals surface area (Å²) in [4.78, 5) is 30.2. The first-order valence-corrected chi connectivity index (χ1v) is 10.2. The SMILES string of the molecule is CC(C)C(=O)N(CC(=O)N(Cc1ccc(F)cc1)Cc1cccs1)C1CC1. The number of rotatable bonds is 8. The van der Waals surface area contributed by atoms with Crippen molar-refractivity contribution in [3.05, 3.63) is 58.0 Å². The number of thiophene rings is 1. The zero-order valence-electron chi connectivity index (χ0n) is 15.7. The lowest BCUT2D eigenvalue weighted by molar-refractivity contribution is -0.143. The van der Waals surface area contributed by atoms with Gasteiger partial charge in [0, 0.05) is 23.4 Å². The van der Waals surface area contributed by atoms with Crippen LogP contribution in [0, 0.1) is 11.7 Å². The molecule has 1 fully saturated rings. The predicted octanol–water partition coefficient (Wildman–Crippen LogP) is 4.06. The lowest BCUT2D eigenvalue weighted by atomic mass is 10.1. The van der Waals surface area contributed by atoms with Crippen molar-refractivity contribution in [3.8, 4) is 0 Å². The van der Waals surface area contributed by atoms with Gasteiger partial charge in [-0.25, -0.2) is 4.39 Å². The number of halogens is 1. The third-order valence-corrected chi connectivity index (χ3v) is 5.50. The van der Waals surface area contributed by atoms with Crippen LogP contribution in [0.3, 0.4) is 0 Å². The van der Waals surface area contributed by atoms with E-state index in [1.54, 1.807) is 33.3 Å². The molecule has 0 bridgehead atoms. The van der Waals surface area contributed by atoms with Gasteiger partial charge in [0.15, 0.2) is 0 Å². The average molecular weight is 389 g/mol. The summed E-state index contributed by atoms with van der Waals surface area (Å²) >= 11 is 1.60. The summed E-state index contributed by atoms with van der Waals surface area (Å²) < 4.78 is 13.2. The molecule has 0 N–H and O–H groups in total. The van der Waals surface area contributed by atoms with E-state index in [1.807, 2.05) is 31.4 Å². The van der Waals surface area contributed by atoms with Crippen LogP contribution in [0.2, 0.25) is 0 Å². The molecule has 2 aromatic rings. The number of amides is 2. The van der Waals surface area contributed by atoms with Gasteiger partial charge >= 0.3 is 0 Å². The van der Waals surface area contributed by atoms with Crippen molar-refractivity contribution >= 4 is 23.2 Å². The largest absolute Gasteiger partial charge is 0.332 e. The smallest absolute Gasteiger partial charge is 0.242 e. The van der Waals surface area contributed by atoms with Gasteiger partial charge in [-0.05, 0) is 42.0 Å². The summed E-state index contributed by atoms with van der Waals surface area (Å²) in [6.07, 6.45) is 1.93. The Balaban J connectivity index is 1.74. The Morgan fingerprint density at radius 2 is 1.85 bits per heavy atom. The van der Waals surface area contributed by atoms with Crippen molar-refractivity contribution in [2.45, 2.75) is 45.8 Å². The van der Waals surface area contributed by atoms with E-state index in [4.69, 9.17) is 0 Å². The van der Waals surface area contributed by atoms with Gasteiger partial charge in [0.05, 0.1) is 6.54 Å². The summed E-state index contributed by atoms with van der Waals surface area (Å²) in [6.45, 7) is 4.72. The van der Waals surface area contributed by atoms with Crippen molar-refractivity contribution < 1.29 is 14.0 Å². The van der Waals surface area contributed by atoms with Crippen LogP contribution in [-0.4, -0.2) is 34.2 Å². The molecule has 0 radical (unpaired) electrons. The fourth-order valence-electron chi connectivity index (χ4n) is 2.98. The molecule has 6 heteroatoms. The van der Waals surface area contributed by atoms with Crippen molar-refractivity contribution in [1.29, 1.82) is 0 Å². The molecule has 1 aliphatic rings. The van der Waals surface area contributed by atoms with Crippen LogP contribution in [0.15, 0.2) is 41.8 Å². The molecule has 1 aliphatic carbocycles. The highest BCUT2D eigenvalue weighted by atomic mass is 32.1. The molecular formula is C21H25FN2O2S. The van der Waals surface area contributed by atoms with E-state index in [0.29, 0.717) is 13.1 Å². The molecule has 3 rings (SSSR count). The van der Waals surface area contributed by atoms with Crippen molar-refractivity contribution in [2.24, 2.45) is 5.92 Å². The first-order valence-electron chi connectivity index (χ1n) is 9.29. The lowest BCUT2D eigenvalue weighted by Crippen LogP contribution is -2.44. The number of hydrogen-bond acceptors (Lipinski definition) is 3. The fraction of sp³-hybridized carbons (Fsp3) is 0.429. The highest BCUT2D eigenvalue weighted by Crippen LogP contribution is 2.28. The molecule has 0 unspecified atom stereocenters. The normalized spacial score (nSPS) is 13.6.